The smallest absolute Gasteiger partial charge is 0.0807 e. The molecule has 1 fully saturated rings. The SMILES string of the molecule is CCC1CCC(N(C)c2ccccc2[C@H](O)CC)CC1. The van der Waals surface area contributed by atoms with Crippen LogP contribution in [-0.2, 0) is 0 Å². The first-order chi connectivity index (χ1) is 9.67. The number of para-hydroxylation sites is 1. The maximum absolute atomic E-state index is 10.2. The lowest BCUT2D eigenvalue weighted by molar-refractivity contribution is 0.174. The Kier molecular flexibility index (Phi) is 5.47. The molecule has 1 aromatic carbocycles. The molecule has 0 heterocycles. The van der Waals surface area contributed by atoms with Gasteiger partial charge in [-0.3, -0.25) is 0 Å². The number of anilines is 1. The van der Waals surface area contributed by atoms with E-state index in [-0.39, 0.29) is 6.10 Å². The van der Waals surface area contributed by atoms with Gasteiger partial charge in [-0.15, -0.1) is 0 Å². The summed E-state index contributed by atoms with van der Waals surface area (Å²) >= 11 is 0. The van der Waals surface area contributed by atoms with E-state index in [1.54, 1.807) is 0 Å². The number of hydrogen-bond donors (Lipinski definition) is 1. The molecule has 0 saturated heterocycles. The Bertz CT molecular complexity index is 410. The van der Waals surface area contributed by atoms with Crippen molar-refractivity contribution in [3.8, 4) is 0 Å². The second kappa shape index (κ2) is 7.12. The van der Waals surface area contributed by atoms with Crippen molar-refractivity contribution in [3.63, 3.8) is 0 Å². The van der Waals surface area contributed by atoms with Gasteiger partial charge in [-0.2, -0.15) is 0 Å². The molecule has 20 heavy (non-hydrogen) atoms. The van der Waals surface area contributed by atoms with Crippen molar-refractivity contribution in [2.45, 2.75) is 64.5 Å². The third kappa shape index (κ3) is 3.35. The summed E-state index contributed by atoms with van der Waals surface area (Å²) in [5.74, 6) is 0.927. The van der Waals surface area contributed by atoms with Crippen LogP contribution in [0.2, 0.25) is 0 Å². The van der Waals surface area contributed by atoms with Gasteiger partial charge in [-0.25, -0.2) is 0 Å². The number of rotatable bonds is 5. The van der Waals surface area contributed by atoms with Gasteiger partial charge < -0.3 is 10.0 Å². The maximum Gasteiger partial charge on any atom is 0.0807 e. The van der Waals surface area contributed by atoms with E-state index in [1.807, 2.05) is 13.0 Å². The van der Waals surface area contributed by atoms with Gasteiger partial charge in [-0.1, -0.05) is 38.5 Å². The highest BCUT2D eigenvalue weighted by atomic mass is 16.3. The van der Waals surface area contributed by atoms with Crippen LogP contribution >= 0.6 is 0 Å². The molecule has 0 unspecified atom stereocenters. The average Bonchev–Trinajstić information content (AvgIpc) is 2.53. The average molecular weight is 275 g/mol. The van der Waals surface area contributed by atoms with E-state index in [4.69, 9.17) is 0 Å². The predicted octanol–water partition coefficient (Wildman–Crippen LogP) is 4.54. The first kappa shape index (κ1) is 15.4. The fourth-order valence-electron chi connectivity index (χ4n) is 3.45. The Morgan fingerprint density at radius 2 is 1.80 bits per heavy atom. The van der Waals surface area contributed by atoms with Crippen molar-refractivity contribution in [2.24, 2.45) is 5.92 Å². The van der Waals surface area contributed by atoms with Crippen molar-refractivity contribution in [1.29, 1.82) is 0 Å². The monoisotopic (exact) mass is 275 g/mol. The lowest BCUT2D eigenvalue weighted by atomic mass is 9.83. The number of benzene rings is 1. The summed E-state index contributed by atoms with van der Waals surface area (Å²) in [5.41, 5.74) is 2.29. The Morgan fingerprint density at radius 3 is 2.40 bits per heavy atom. The number of aliphatic hydroxyl groups is 1. The summed E-state index contributed by atoms with van der Waals surface area (Å²) in [7, 11) is 2.19. The highest BCUT2D eigenvalue weighted by molar-refractivity contribution is 5.54. The summed E-state index contributed by atoms with van der Waals surface area (Å²) in [5, 5.41) is 10.2. The van der Waals surface area contributed by atoms with E-state index < -0.39 is 0 Å². The van der Waals surface area contributed by atoms with E-state index in [2.05, 4.69) is 37.1 Å². The lowest BCUT2D eigenvalue weighted by Gasteiger charge is -2.37. The van der Waals surface area contributed by atoms with E-state index in [0.29, 0.717) is 6.04 Å². The molecule has 1 saturated carbocycles. The van der Waals surface area contributed by atoms with Crippen LogP contribution in [0.25, 0.3) is 0 Å². The number of hydrogen-bond acceptors (Lipinski definition) is 2. The first-order valence-electron chi connectivity index (χ1n) is 8.17. The number of aliphatic hydroxyl groups excluding tert-OH is 1. The van der Waals surface area contributed by atoms with Gasteiger partial charge in [0.15, 0.2) is 0 Å². The minimum absolute atomic E-state index is 0.347. The zero-order chi connectivity index (χ0) is 14.5. The van der Waals surface area contributed by atoms with Gasteiger partial charge in [-0.05, 0) is 44.1 Å². The minimum Gasteiger partial charge on any atom is -0.388 e. The molecule has 2 heteroatoms. The standard InChI is InChI=1S/C18H29NO/c1-4-14-10-12-15(13-11-14)19(3)17-9-7-6-8-16(17)18(20)5-2/h6-9,14-15,18,20H,4-5,10-13H2,1-3H3/t14?,15?,18-/m1/s1. The van der Waals surface area contributed by atoms with Gasteiger partial charge in [0, 0.05) is 24.3 Å². The Hall–Kier alpha value is -1.02. The quantitative estimate of drug-likeness (QED) is 0.853. The highest BCUT2D eigenvalue weighted by Crippen LogP contribution is 2.34. The molecule has 2 rings (SSSR count). The second-order valence-electron chi connectivity index (χ2n) is 6.18. The molecule has 0 amide bonds. The molecule has 0 spiro atoms. The van der Waals surface area contributed by atoms with Gasteiger partial charge in [0.25, 0.3) is 0 Å². The zero-order valence-electron chi connectivity index (χ0n) is 13.2. The second-order valence-corrected chi connectivity index (χ2v) is 6.18. The molecule has 1 aliphatic carbocycles. The summed E-state index contributed by atoms with van der Waals surface area (Å²) in [4.78, 5) is 2.40. The Labute approximate surface area is 123 Å². The number of nitrogens with zero attached hydrogens (tertiary/aromatic N) is 1. The minimum atomic E-state index is -0.347. The van der Waals surface area contributed by atoms with E-state index in [9.17, 15) is 5.11 Å². The van der Waals surface area contributed by atoms with Gasteiger partial charge in [0.1, 0.15) is 0 Å². The molecule has 1 aliphatic rings. The van der Waals surface area contributed by atoms with Gasteiger partial charge in [0.2, 0.25) is 0 Å². The largest absolute Gasteiger partial charge is 0.388 e. The summed E-state index contributed by atoms with van der Waals surface area (Å²) in [6.45, 7) is 4.34. The zero-order valence-corrected chi connectivity index (χ0v) is 13.2. The van der Waals surface area contributed by atoms with Crippen molar-refractivity contribution in [1.82, 2.24) is 0 Å². The molecule has 0 radical (unpaired) electrons. The Balaban J connectivity index is 2.11. The molecule has 0 aromatic heterocycles. The van der Waals surface area contributed by atoms with Crippen LogP contribution < -0.4 is 4.90 Å². The molecule has 0 aliphatic heterocycles. The fraction of sp³-hybridized carbons (Fsp3) is 0.667. The third-order valence-corrected chi connectivity index (χ3v) is 5.00. The van der Waals surface area contributed by atoms with E-state index in [1.165, 1.54) is 37.8 Å². The van der Waals surface area contributed by atoms with Crippen molar-refractivity contribution < 1.29 is 5.11 Å². The molecule has 0 bridgehead atoms. The van der Waals surface area contributed by atoms with Crippen LogP contribution in [0.5, 0.6) is 0 Å². The van der Waals surface area contributed by atoms with Crippen LogP contribution in [0.15, 0.2) is 24.3 Å². The fourth-order valence-corrected chi connectivity index (χ4v) is 3.45. The summed E-state index contributed by atoms with van der Waals surface area (Å²) in [6, 6.07) is 8.95. The maximum atomic E-state index is 10.2. The molecular formula is C18H29NO. The molecule has 1 aromatic rings. The van der Waals surface area contributed by atoms with Gasteiger partial charge in [0.05, 0.1) is 6.10 Å². The van der Waals surface area contributed by atoms with Crippen LogP contribution in [0.4, 0.5) is 5.69 Å². The molecule has 1 atom stereocenters. The summed E-state index contributed by atoms with van der Waals surface area (Å²) in [6.07, 6.45) is 7.01. The highest BCUT2D eigenvalue weighted by Gasteiger charge is 2.25. The normalized spacial score (nSPS) is 24.4. The summed E-state index contributed by atoms with van der Waals surface area (Å²) < 4.78 is 0. The van der Waals surface area contributed by atoms with Crippen LogP contribution in [0, 0.1) is 5.92 Å². The van der Waals surface area contributed by atoms with Crippen LogP contribution in [0.3, 0.4) is 0 Å². The van der Waals surface area contributed by atoms with Crippen LogP contribution in [0.1, 0.15) is 64.0 Å². The van der Waals surface area contributed by atoms with E-state index >= 15 is 0 Å². The van der Waals surface area contributed by atoms with Crippen molar-refractivity contribution in [2.75, 3.05) is 11.9 Å². The van der Waals surface area contributed by atoms with Gasteiger partial charge >= 0.3 is 0 Å². The molecule has 1 N–H and O–H groups in total. The predicted molar refractivity (Wildman–Crippen MR) is 86.1 cm³/mol. The van der Waals surface area contributed by atoms with Crippen LogP contribution in [-0.4, -0.2) is 18.2 Å². The van der Waals surface area contributed by atoms with E-state index in [0.717, 1.165) is 17.9 Å². The lowest BCUT2D eigenvalue weighted by Crippen LogP contribution is -2.35. The molecule has 112 valence electrons. The van der Waals surface area contributed by atoms with Crippen molar-refractivity contribution >= 4 is 5.69 Å². The molecular weight excluding hydrogens is 246 g/mol. The third-order valence-electron chi connectivity index (χ3n) is 5.00. The van der Waals surface area contributed by atoms with Crippen molar-refractivity contribution in [3.05, 3.63) is 29.8 Å². The Morgan fingerprint density at radius 1 is 1.15 bits per heavy atom. The molecule has 2 nitrogen and oxygen atoms in total. The first-order valence-corrected chi connectivity index (χ1v) is 8.17. The topological polar surface area (TPSA) is 23.5 Å².